The predicted octanol–water partition coefficient (Wildman–Crippen LogP) is 2.70. The smallest absolute Gasteiger partial charge is 0.411 e. The fraction of sp³-hybridized carbons (Fsp3) is 0.300. The van der Waals surface area contributed by atoms with Crippen molar-refractivity contribution in [1.29, 1.82) is 0 Å². The van der Waals surface area contributed by atoms with Gasteiger partial charge in [0.15, 0.2) is 0 Å². The van der Waals surface area contributed by atoms with Crippen molar-refractivity contribution in [1.82, 2.24) is 19.6 Å². The van der Waals surface area contributed by atoms with Gasteiger partial charge in [0.1, 0.15) is 11.4 Å². The summed E-state index contributed by atoms with van der Waals surface area (Å²) in [7, 11) is 1.81. The molecule has 0 saturated heterocycles. The van der Waals surface area contributed by atoms with Crippen LogP contribution in [0.5, 0.6) is 0 Å². The van der Waals surface area contributed by atoms with Crippen LogP contribution in [0.25, 0.3) is 5.69 Å². The minimum atomic E-state index is -0.998. The number of amides is 1. The molecule has 0 saturated carbocycles. The third-order valence-electron chi connectivity index (χ3n) is 4.21. The fourth-order valence-corrected chi connectivity index (χ4v) is 2.93. The lowest BCUT2D eigenvalue weighted by Crippen LogP contribution is -2.32. The van der Waals surface area contributed by atoms with Crippen molar-refractivity contribution >= 4 is 11.8 Å². The Morgan fingerprint density at radius 3 is 2.71 bits per heavy atom. The van der Waals surface area contributed by atoms with Crippen LogP contribution in [0.15, 0.2) is 53.7 Å². The summed E-state index contributed by atoms with van der Waals surface area (Å²) in [4.78, 5) is 25.2. The van der Waals surface area contributed by atoms with E-state index in [-0.39, 0.29) is 11.3 Å². The number of carboxylic acid groups (broad SMARTS) is 1. The topological polar surface area (TPSA) is 93.2 Å². The van der Waals surface area contributed by atoms with Crippen molar-refractivity contribution in [2.24, 2.45) is 13.0 Å². The number of hydrogen-bond acceptors (Lipinski definition) is 4. The first-order valence-corrected chi connectivity index (χ1v) is 9.01. The second-order valence-corrected chi connectivity index (χ2v) is 7.08. The maximum absolute atomic E-state index is 12.3. The minimum Gasteiger partial charge on any atom is -0.465 e. The zero-order chi connectivity index (χ0) is 20.3. The number of anilines is 1. The molecule has 2 heterocycles. The molecule has 0 aliphatic rings. The van der Waals surface area contributed by atoms with Gasteiger partial charge in [-0.2, -0.15) is 10.2 Å². The molecule has 0 bridgehead atoms. The lowest BCUT2D eigenvalue weighted by molar-refractivity contribution is 0.201. The van der Waals surface area contributed by atoms with E-state index in [4.69, 9.17) is 0 Å². The number of rotatable bonds is 6. The lowest BCUT2D eigenvalue weighted by atomic mass is 10.1. The van der Waals surface area contributed by atoms with E-state index in [1.54, 1.807) is 46.2 Å². The predicted molar refractivity (Wildman–Crippen MR) is 106 cm³/mol. The lowest BCUT2D eigenvalue weighted by Gasteiger charge is -2.22. The van der Waals surface area contributed by atoms with Gasteiger partial charge in [0.2, 0.25) is 5.43 Å². The quantitative estimate of drug-likeness (QED) is 0.709. The molecule has 1 aromatic carbocycles. The monoisotopic (exact) mass is 381 g/mol. The molecule has 0 radical (unpaired) electrons. The van der Waals surface area contributed by atoms with Crippen LogP contribution in [-0.4, -0.2) is 37.3 Å². The van der Waals surface area contributed by atoms with Gasteiger partial charge in [-0.15, -0.1) is 0 Å². The average Bonchev–Trinajstić information content (AvgIpc) is 3.08. The summed E-state index contributed by atoms with van der Waals surface area (Å²) >= 11 is 0. The maximum atomic E-state index is 12.3. The molecule has 0 atom stereocenters. The van der Waals surface area contributed by atoms with Crippen molar-refractivity contribution in [2.45, 2.75) is 20.3 Å². The molecule has 0 unspecified atom stereocenters. The average molecular weight is 381 g/mol. The van der Waals surface area contributed by atoms with E-state index in [1.165, 1.54) is 11.0 Å². The number of benzene rings is 1. The summed E-state index contributed by atoms with van der Waals surface area (Å²) in [6.07, 6.45) is 4.39. The highest BCUT2D eigenvalue weighted by atomic mass is 16.4. The number of nitrogens with zero attached hydrogens (tertiary/aromatic N) is 5. The molecule has 0 fully saturated rings. The van der Waals surface area contributed by atoms with Gasteiger partial charge in [-0.1, -0.05) is 26.0 Å². The van der Waals surface area contributed by atoms with Gasteiger partial charge in [-0.25, -0.2) is 9.48 Å². The third kappa shape index (κ3) is 4.46. The Kier molecular flexibility index (Phi) is 5.58. The number of carbonyl (C=O) groups is 1. The van der Waals surface area contributed by atoms with Crippen LogP contribution in [0.4, 0.5) is 10.5 Å². The first kappa shape index (κ1) is 19.3. The molecule has 3 rings (SSSR count). The van der Waals surface area contributed by atoms with Crippen LogP contribution >= 0.6 is 0 Å². The highest BCUT2D eigenvalue weighted by Gasteiger charge is 2.16. The Morgan fingerprint density at radius 2 is 2.07 bits per heavy atom. The SMILES string of the molecule is CC(C)CN(C(=O)O)c1cccc(Cc2nn(-c3cnn(C)c3)ccc2=O)c1. The van der Waals surface area contributed by atoms with Crippen molar-refractivity contribution in [3.63, 3.8) is 0 Å². The third-order valence-corrected chi connectivity index (χ3v) is 4.21. The van der Waals surface area contributed by atoms with Crippen LogP contribution < -0.4 is 10.3 Å². The van der Waals surface area contributed by atoms with Gasteiger partial charge in [-0.05, 0) is 23.6 Å². The summed E-state index contributed by atoms with van der Waals surface area (Å²) in [6.45, 7) is 4.33. The van der Waals surface area contributed by atoms with Gasteiger partial charge in [-0.3, -0.25) is 14.4 Å². The van der Waals surface area contributed by atoms with Crippen molar-refractivity contribution in [3.05, 3.63) is 70.4 Å². The van der Waals surface area contributed by atoms with Crippen LogP contribution in [-0.2, 0) is 13.5 Å². The van der Waals surface area contributed by atoms with Crippen LogP contribution in [0.1, 0.15) is 25.1 Å². The maximum Gasteiger partial charge on any atom is 0.411 e. The van der Waals surface area contributed by atoms with Crippen molar-refractivity contribution in [2.75, 3.05) is 11.4 Å². The molecular formula is C20H23N5O3. The summed E-state index contributed by atoms with van der Waals surface area (Å²) < 4.78 is 3.27. The fourth-order valence-electron chi connectivity index (χ4n) is 2.93. The van der Waals surface area contributed by atoms with Gasteiger partial charge < -0.3 is 5.11 Å². The van der Waals surface area contributed by atoms with E-state index >= 15 is 0 Å². The highest BCUT2D eigenvalue weighted by molar-refractivity contribution is 5.86. The van der Waals surface area contributed by atoms with Gasteiger partial charge >= 0.3 is 6.09 Å². The second-order valence-electron chi connectivity index (χ2n) is 7.08. The van der Waals surface area contributed by atoms with Gasteiger partial charge in [0.25, 0.3) is 0 Å². The Bertz CT molecular complexity index is 1040. The molecule has 28 heavy (non-hydrogen) atoms. The first-order valence-electron chi connectivity index (χ1n) is 9.01. The molecular weight excluding hydrogens is 358 g/mol. The standard InChI is InChI=1S/C20H23N5O3/c1-14(2)12-24(20(27)28)16-6-4-5-15(9-16)10-18-19(26)7-8-25(22-18)17-11-21-23(3)13-17/h4-9,11,13-14H,10,12H2,1-3H3,(H,27,28). The van der Waals surface area contributed by atoms with E-state index < -0.39 is 6.09 Å². The van der Waals surface area contributed by atoms with Crippen LogP contribution in [0.3, 0.4) is 0 Å². The van der Waals surface area contributed by atoms with Crippen LogP contribution in [0.2, 0.25) is 0 Å². The minimum absolute atomic E-state index is 0.164. The largest absolute Gasteiger partial charge is 0.465 e. The van der Waals surface area contributed by atoms with E-state index in [2.05, 4.69) is 10.2 Å². The van der Waals surface area contributed by atoms with Gasteiger partial charge in [0, 0.05) is 38.0 Å². The molecule has 0 spiro atoms. The van der Waals surface area contributed by atoms with E-state index in [0.717, 1.165) is 11.3 Å². The molecule has 1 N–H and O–H groups in total. The summed E-state index contributed by atoms with van der Waals surface area (Å²) in [5.74, 6) is 0.197. The number of hydrogen-bond donors (Lipinski definition) is 1. The Morgan fingerprint density at radius 1 is 1.29 bits per heavy atom. The number of aryl methyl sites for hydroxylation is 1. The molecule has 146 valence electrons. The Hall–Kier alpha value is -3.42. The molecule has 3 aromatic rings. The highest BCUT2D eigenvalue weighted by Crippen LogP contribution is 2.19. The molecule has 0 aliphatic carbocycles. The van der Waals surface area contributed by atoms with E-state index in [9.17, 15) is 14.7 Å². The first-order chi connectivity index (χ1) is 13.3. The van der Waals surface area contributed by atoms with Crippen LogP contribution in [0, 0.1) is 5.92 Å². The Labute approximate surface area is 162 Å². The molecule has 0 aliphatic heterocycles. The normalized spacial score (nSPS) is 11.0. The van der Waals surface area contributed by atoms with Gasteiger partial charge in [0.05, 0.1) is 12.4 Å². The molecule has 2 aromatic heterocycles. The zero-order valence-electron chi connectivity index (χ0n) is 16.1. The van der Waals surface area contributed by atoms with E-state index in [0.29, 0.717) is 24.3 Å². The zero-order valence-corrected chi connectivity index (χ0v) is 16.1. The van der Waals surface area contributed by atoms with Crippen molar-refractivity contribution < 1.29 is 9.90 Å². The summed E-state index contributed by atoms with van der Waals surface area (Å²) in [5, 5.41) is 18.1. The summed E-state index contributed by atoms with van der Waals surface area (Å²) in [6, 6.07) is 8.68. The van der Waals surface area contributed by atoms with Crippen molar-refractivity contribution in [3.8, 4) is 5.69 Å². The molecule has 1 amide bonds. The molecule has 8 heteroatoms. The second kappa shape index (κ2) is 8.08. The Balaban J connectivity index is 1.90. The summed E-state index contributed by atoms with van der Waals surface area (Å²) in [5.41, 5.74) is 2.38. The van der Waals surface area contributed by atoms with E-state index in [1.807, 2.05) is 27.0 Å². The number of aromatic nitrogens is 4. The molecule has 8 nitrogen and oxygen atoms in total.